The predicted molar refractivity (Wildman–Crippen MR) is 61.0 cm³/mol. The van der Waals surface area contributed by atoms with Gasteiger partial charge in [-0.1, -0.05) is 6.58 Å². The Balaban J connectivity index is 3.85. The summed E-state index contributed by atoms with van der Waals surface area (Å²) in [6.45, 7) is 4.66. The maximum Gasteiger partial charge on any atom is 0.330 e. The number of esters is 2. The van der Waals surface area contributed by atoms with Gasteiger partial charge in [-0.05, 0) is 6.92 Å². The Hall–Kier alpha value is -1.40. The van der Waals surface area contributed by atoms with Gasteiger partial charge in [0.25, 0.3) is 0 Å². The Labute approximate surface area is 100 Å². The zero-order chi connectivity index (χ0) is 13.3. The van der Waals surface area contributed by atoms with E-state index in [0.717, 1.165) is 6.08 Å². The maximum absolute atomic E-state index is 11.2. The largest absolute Gasteiger partial charge is 0.465 e. The summed E-state index contributed by atoms with van der Waals surface area (Å²) in [6.07, 6.45) is 1.14. The molecule has 0 aliphatic heterocycles. The molecule has 0 aromatic rings. The first-order chi connectivity index (χ1) is 7.99. The van der Waals surface area contributed by atoms with Crippen LogP contribution in [-0.4, -0.2) is 42.9 Å². The van der Waals surface area contributed by atoms with Crippen LogP contribution in [0.25, 0.3) is 0 Å². The van der Waals surface area contributed by atoms with Crippen molar-refractivity contribution in [2.45, 2.75) is 19.4 Å². The molecule has 0 saturated heterocycles. The van der Waals surface area contributed by atoms with Gasteiger partial charge in [-0.2, -0.15) is 0 Å². The van der Waals surface area contributed by atoms with Gasteiger partial charge < -0.3 is 20.3 Å². The molecule has 0 rings (SSSR count). The molecule has 0 aliphatic rings. The normalized spacial score (nSPS) is 13.6. The number of hydrogen-bond acceptors (Lipinski definition) is 6. The second-order valence-corrected chi connectivity index (χ2v) is 3.75. The minimum atomic E-state index is -0.578. The van der Waals surface area contributed by atoms with Crippen molar-refractivity contribution in [3.8, 4) is 0 Å². The van der Waals surface area contributed by atoms with Gasteiger partial charge in [0.2, 0.25) is 0 Å². The minimum Gasteiger partial charge on any atom is -0.465 e. The smallest absolute Gasteiger partial charge is 0.330 e. The summed E-state index contributed by atoms with van der Waals surface area (Å²) in [5, 5.41) is 8.97. The number of nitrogens with two attached hydrogens (primary N) is 1. The van der Waals surface area contributed by atoms with Gasteiger partial charge >= 0.3 is 11.9 Å². The molecule has 98 valence electrons. The van der Waals surface area contributed by atoms with Crippen LogP contribution in [0.15, 0.2) is 12.7 Å². The van der Waals surface area contributed by atoms with Gasteiger partial charge in [-0.25, -0.2) is 4.79 Å². The molecule has 6 heteroatoms. The van der Waals surface area contributed by atoms with Gasteiger partial charge in [0.15, 0.2) is 0 Å². The first-order valence-electron chi connectivity index (χ1n) is 5.30. The average molecular weight is 245 g/mol. The molecule has 0 spiro atoms. The number of rotatable bonds is 8. The topological polar surface area (TPSA) is 98.9 Å². The van der Waals surface area contributed by atoms with Gasteiger partial charge in [0.1, 0.15) is 0 Å². The summed E-state index contributed by atoms with van der Waals surface area (Å²) in [5.74, 6) is -1.45. The highest BCUT2D eigenvalue weighted by Crippen LogP contribution is 2.00. The molecular weight excluding hydrogens is 226 g/mol. The Kier molecular flexibility index (Phi) is 8.00. The highest BCUT2D eigenvalue weighted by atomic mass is 16.5. The van der Waals surface area contributed by atoms with Crippen molar-refractivity contribution in [1.29, 1.82) is 0 Å². The van der Waals surface area contributed by atoms with E-state index < -0.39 is 17.9 Å². The first kappa shape index (κ1) is 15.6. The molecule has 0 aromatic carbocycles. The average Bonchev–Trinajstić information content (AvgIpc) is 2.27. The zero-order valence-electron chi connectivity index (χ0n) is 9.93. The number of ether oxygens (including phenoxy) is 2. The summed E-state index contributed by atoms with van der Waals surface area (Å²) in [5.41, 5.74) is 5.42. The van der Waals surface area contributed by atoms with Crippen LogP contribution in [0.2, 0.25) is 0 Å². The fourth-order valence-electron chi connectivity index (χ4n) is 0.945. The standard InChI is InChI=1S/C11H19NO5/c1-3-10(14)16-6-9(5-13)7-17-11(15)4-8(2)12/h3,8-9,13H,1,4-7,12H2,2H3. The molecule has 17 heavy (non-hydrogen) atoms. The number of carbonyl (C=O) groups is 2. The van der Waals surface area contributed by atoms with Crippen LogP contribution < -0.4 is 5.73 Å². The van der Waals surface area contributed by atoms with Crippen LogP contribution in [0.3, 0.4) is 0 Å². The number of carbonyl (C=O) groups excluding carboxylic acids is 2. The van der Waals surface area contributed by atoms with Crippen molar-refractivity contribution in [1.82, 2.24) is 0 Å². The molecule has 2 unspecified atom stereocenters. The Morgan fingerprint density at radius 2 is 2.00 bits per heavy atom. The van der Waals surface area contributed by atoms with E-state index in [1.165, 1.54) is 0 Å². The second kappa shape index (κ2) is 8.72. The molecular formula is C11H19NO5. The van der Waals surface area contributed by atoms with Crippen molar-refractivity contribution in [3.05, 3.63) is 12.7 Å². The third-order valence-electron chi connectivity index (χ3n) is 1.85. The van der Waals surface area contributed by atoms with E-state index in [1.807, 2.05) is 0 Å². The molecule has 2 atom stereocenters. The Bertz CT molecular complexity index is 265. The van der Waals surface area contributed by atoms with E-state index in [4.69, 9.17) is 20.3 Å². The quantitative estimate of drug-likeness (QED) is 0.446. The maximum atomic E-state index is 11.2. The van der Waals surface area contributed by atoms with Gasteiger partial charge in [0.05, 0.1) is 32.2 Å². The Morgan fingerprint density at radius 3 is 2.47 bits per heavy atom. The van der Waals surface area contributed by atoms with Crippen LogP contribution in [0.4, 0.5) is 0 Å². The number of hydrogen-bond donors (Lipinski definition) is 2. The van der Waals surface area contributed by atoms with E-state index >= 15 is 0 Å². The van der Waals surface area contributed by atoms with E-state index in [1.54, 1.807) is 6.92 Å². The van der Waals surface area contributed by atoms with E-state index in [9.17, 15) is 9.59 Å². The summed E-state index contributed by atoms with van der Waals surface area (Å²) in [4.78, 5) is 21.9. The van der Waals surface area contributed by atoms with Gasteiger partial charge in [0, 0.05) is 12.1 Å². The summed E-state index contributed by atoms with van der Waals surface area (Å²) < 4.78 is 9.60. The van der Waals surface area contributed by atoms with Crippen molar-refractivity contribution in [2.75, 3.05) is 19.8 Å². The van der Waals surface area contributed by atoms with Crippen LogP contribution in [-0.2, 0) is 19.1 Å². The van der Waals surface area contributed by atoms with Gasteiger partial charge in [-0.15, -0.1) is 0 Å². The summed E-state index contributed by atoms with van der Waals surface area (Å²) >= 11 is 0. The first-order valence-corrected chi connectivity index (χ1v) is 5.30. The fourth-order valence-corrected chi connectivity index (χ4v) is 0.945. The molecule has 0 aromatic heterocycles. The molecule has 0 bridgehead atoms. The molecule has 0 fully saturated rings. The molecule has 0 aliphatic carbocycles. The van der Waals surface area contributed by atoms with Crippen molar-refractivity contribution in [3.63, 3.8) is 0 Å². The van der Waals surface area contributed by atoms with E-state index in [-0.39, 0.29) is 32.3 Å². The zero-order valence-corrected chi connectivity index (χ0v) is 9.93. The molecule has 6 nitrogen and oxygen atoms in total. The fraction of sp³-hybridized carbons (Fsp3) is 0.636. The third-order valence-corrected chi connectivity index (χ3v) is 1.85. The van der Waals surface area contributed by atoms with Crippen molar-refractivity contribution < 1.29 is 24.2 Å². The molecule has 0 heterocycles. The Morgan fingerprint density at radius 1 is 1.41 bits per heavy atom. The minimum absolute atomic E-state index is 0.00746. The monoisotopic (exact) mass is 245 g/mol. The summed E-state index contributed by atoms with van der Waals surface area (Å²) in [7, 11) is 0. The van der Waals surface area contributed by atoms with Crippen LogP contribution >= 0.6 is 0 Å². The SMILES string of the molecule is C=CC(=O)OCC(CO)COC(=O)CC(C)N. The highest BCUT2D eigenvalue weighted by Gasteiger charge is 2.14. The number of aliphatic hydroxyl groups is 1. The lowest BCUT2D eigenvalue weighted by Gasteiger charge is -2.14. The van der Waals surface area contributed by atoms with Crippen molar-refractivity contribution >= 4 is 11.9 Å². The predicted octanol–water partition coefficient (Wildman–Crippen LogP) is -0.395. The highest BCUT2D eigenvalue weighted by molar-refractivity contribution is 5.81. The van der Waals surface area contributed by atoms with E-state index in [2.05, 4.69) is 6.58 Å². The lowest BCUT2D eigenvalue weighted by molar-refractivity contribution is -0.147. The van der Waals surface area contributed by atoms with Crippen LogP contribution in [0, 0.1) is 5.92 Å². The van der Waals surface area contributed by atoms with Crippen molar-refractivity contribution in [2.24, 2.45) is 11.7 Å². The molecule has 0 saturated carbocycles. The van der Waals surface area contributed by atoms with E-state index in [0.29, 0.717) is 0 Å². The number of aliphatic hydroxyl groups excluding tert-OH is 1. The lowest BCUT2D eigenvalue weighted by atomic mass is 10.2. The molecule has 3 N–H and O–H groups in total. The van der Waals surface area contributed by atoms with Crippen LogP contribution in [0.5, 0.6) is 0 Å². The summed E-state index contributed by atoms with van der Waals surface area (Å²) in [6, 6.07) is -0.270. The molecule has 0 amide bonds. The lowest BCUT2D eigenvalue weighted by Crippen LogP contribution is -2.26. The van der Waals surface area contributed by atoms with Crippen LogP contribution in [0.1, 0.15) is 13.3 Å². The molecule has 0 radical (unpaired) electrons. The second-order valence-electron chi connectivity index (χ2n) is 3.75. The third kappa shape index (κ3) is 8.41. The van der Waals surface area contributed by atoms with Gasteiger partial charge in [-0.3, -0.25) is 4.79 Å².